The average molecular weight is 547 g/mol. The van der Waals surface area contributed by atoms with Crippen molar-refractivity contribution in [3.05, 3.63) is 42.0 Å². The predicted molar refractivity (Wildman–Crippen MR) is 141 cm³/mol. The van der Waals surface area contributed by atoms with Gasteiger partial charge in [0.15, 0.2) is 0 Å². The number of carbonyl (C=O) groups is 1. The summed E-state index contributed by atoms with van der Waals surface area (Å²) in [6.45, 7) is 4.67. The van der Waals surface area contributed by atoms with E-state index < -0.39 is 76.0 Å². The standard InChI is InChI=1S/C30H42O9/c1-18(31)27(35)13-14-30(38)26(27,3)23(39-24(34)10-9-19-7-5-4-6-8-19)15-21-25(2)12-11-20(32)16-29(25,37)22(33)17-28(21,30)36/h4-10,18,20-23,31-33,35-38H,11-17H2,1-3H3/b10-9+/t18-,20-,21+,22+,23+,25+,26+,27+,28-,29-,30+/m0/s1. The van der Waals surface area contributed by atoms with Gasteiger partial charge in [-0.05, 0) is 50.7 Å². The highest BCUT2D eigenvalue weighted by Gasteiger charge is 2.83. The van der Waals surface area contributed by atoms with Gasteiger partial charge in [0.05, 0.1) is 29.3 Å². The van der Waals surface area contributed by atoms with Crippen LogP contribution in [0.3, 0.4) is 0 Å². The summed E-state index contributed by atoms with van der Waals surface area (Å²) in [5.41, 5.74) is -9.81. The second-order valence-corrected chi connectivity index (χ2v) is 13.0. The molecule has 1 aromatic carbocycles. The SMILES string of the molecule is C[C@H](O)[C@]1(O)CC[C@@]2(O)[C@]1(C)[C@H](OC(=O)/C=C/c1ccccc1)C[C@@H]1[C@@]3(C)CC[C@H](O)C[C@]3(O)[C@H](O)C[C@]12O. The number of fused-ring (bicyclic) bond motifs is 5. The Morgan fingerprint density at radius 3 is 2.31 bits per heavy atom. The van der Waals surface area contributed by atoms with Gasteiger partial charge in [-0.15, -0.1) is 0 Å². The minimum absolute atomic E-state index is 0.0309. The Morgan fingerprint density at radius 2 is 1.67 bits per heavy atom. The first-order valence-corrected chi connectivity index (χ1v) is 14.0. The molecule has 39 heavy (non-hydrogen) atoms. The Hall–Kier alpha value is -1.85. The minimum Gasteiger partial charge on any atom is -0.458 e. The number of hydrogen-bond donors (Lipinski definition) is 7. The van der Waals surface area contributed by atoms with Crippen LogP contribution in [0.4, 0.5) is 0 Å². The van der Waals surface area contributed by atoms with Crippen LogP contribution in [0.15, 0.2) is 36.4 Å². The number of benzene rings is 1. The molecule has 11 atom stereocenters. The zero-order valence-electron chi connectivity index (χ0n) is 22.8. The summed E-state index contributed by atoms with van der Waals surface area (Å²) in [5, 5.41) is 81.0. The topological polar surface area (TPSA) is 168 Å². The maximum atomic E-state index is 13.1. The fourth-order valence-electron chi connectivity index (χ4n) is 9.04. The Balaban J connectivity index is 1.60. The third kappa shape index (κ3) is 3.60. The van der Waals surface area contributed by atoms with Crippen LogP contribution in [-0.2, 0) is 9.53 Å². The summed E-state index contributed by atoms with van der Waals surface area (Å²) in [5.74, 6) is -1.57. The zero-order valence-corrected chi connectivity index (χ0v) is 22.8. The minimum atomic E-state index is -2.08. The molecule has 0 bridgehead atoms. The van der Waals surface area contributed by atoms with Gasteiger partial charge in [0, 0.05) is 30.3 Å². The van der Waals surface area contributed by atoms with E-state index in [0.717, 1.165) is 5.56 Å². The van der Waals surface area contributed by atoms with Crippen molar-refractivity contribution in [2.75, 3.05) is 0 Å². The maximum Gasteiger partial charge on any atom is 0.331 e. The van der Waals surface area contributed by atoms with Crippen molar-refractivity contribution in [2.24, 2.45) is 16.7 Å². The molecule has 5 rings (SSSR count). The summed E-state index contributed by atoms with van der Waals surface area (Å²) in [6.07, 6.45) is -2.03. The van der Waals surface area contributed by atoms with Crippen LogP contribution in [0.25, 0.3) is 6.08 Å². The largest absolute Gasteiger partial charge is 0.458 e. The molecule has 216 valence electrons. The first-order chi connectivity index (χ1) is 18.1. The fourth-order valence-corrected chi connectivity index (χ4v) is 9.04. The van der Waals surface area contributed by atoms with Crippen molar-refractivity contribution >= 4 is 12.0 Å². The zero-order chi connectivity index (χ0) is 28.6. The monoisotopic (exact) mass is 546 g/mol. The second kappa shape index (κ2) is 9.08. The number of ether oxygens (including phenoxy) is 1. The lowest BCUT2D eigenvalue weighted by Crippen LogP contribution is -2.83. The highest BCUT2D eigenvalue weighted by atomic mass is 16.5. The molecule has 0 heterocycles. The molecular weight excluding hydrogens is 504 g/mol. The van der Waals surface area contributed by atoms with Crippen LogP contribution >= 0.6 is 0 Å². The van der Waals surface area contributed by atoms with Crippen molar-refractivity contribution in [3.8, 4) is 0 Å². The van der Waals surface area contributed by atoms with Gasteiger partial charge < -0.3 is 40.5 Å². The van der Waals surface area contributed by atoms with Gasteiger partial charge in [-0.25, -0.2) is 4.79 Å². The molecule has 0 spiro atoms. The van der Waals surface area contributed by atoms with E-state index in [2.05, 4.69) is 0 Å². The van der Waals surface area contributed by atoms with E-state index in [1.165, 1.54) is 19.9 Å². The van der Waals surface area contributed by atoms with E-state index in [1.807, 2.05) is 30.3 Å². The number of rotatable bonds is 4. The van der Waals surface area contributed by atoms with Crippen LogP contribution < -0.4 is 0 Å². The number of carbonyl (C=O) groups excluding carboxylic acids is 1. The molecule has 0 aromatic heterocycles. The van der Waals surface area contributed by atoms with E-state index in [4.69, 9.17) is 4.74 Å². The molecule has 4 aliphatic rings. The van der Waals surface area contributed by atoms with Crippen molar-refractivity contribution in [1.29, 1.82) is 0 Å². The predicted octanol–water partition coefficient (Wildman–Crippen LogP) is 1.05. The van der Waals surface area contributed by atoms with Crippen molar-refractivity contribution in [2.45, 2.75) is 113 Å². The molecule has 9 heteroatoms. The second-order valence-electron chi connectivity index (χ2n) is 13.0. The Morgan fingerprint density at radius 1 is 1.00 bits per heavy atom. The molecule has 0 radical (unpaired) electrons. The molecule has 9 nitrogen and oxygen atoms in total. The van der Waals surface area contributed by atoms with Gasteiger partial charge in [-0.3, -0.25) is 0 Å². The number of aliphatic hydroxyl groups excluding tert-OH is 3. The molecule has 0 unspecified atom stereocenters. The molecule has 0 saturated heterocycles. The normalized spacial score (nSPS) is 50.1. The third-order valence-corrected chi connectivity index (χ3v) is 11.5. The Bertz CT molecular complexity index is 1140. The van der Waals surface area contributed by atoms with Gasteiger partial charge in [-0.2, -0.15) is 0 Å². The van der Waals surface area contributed by atoms with E-state index in [9.17, 15) is 40.5 Å². The molecule has 4 aliphatic carbocycles. The first kappa shape index (κ1) is 28.7. The van der Waals surface area contributed by atoms with E-state index in [1.54, 1.807) is 13.0 Å². The number of hydrogen-bond acceptors (Lipinski definition) is 9. The molecule has 1 aromatic rings. The van der Waals surface area contributed by atoms with Gasteiger partial charge in [0.2, 0.25) is 0 Å². The Kier molecular flexibility index (Phi) is 6.67. The molecule has 0 amide bonds. The number of esters is 1. The van der Waals surface area contributed by atoms with Crippen molar-refractivity contribution < 1.29 is 45.3 Å². The highest BCUT2D eigenvalue weighted by Crippen LogP contribution is 2.72. The van der Waals surface area contributed by atoms with Crippen molar-refractivity contribution in [1.82, 2.24) is 0 Å². The molecule has 7 N–H and O–H groups in total. The van der Waals surface area contributed by atoms with E-state index in [-0.39, 0.29) is 32.1 Å². The van der Waals surface area contributed by atoms with Crippen LogP contribution in [0.1, 0.15) is 71.3 Å². The van der Waals surface area contributed by atoms with Gasteiger partial charge in [-0.1, -0.05) is 44.2 Å². The third-order valence-electron chi connectivity index (χ3n) is 11.5. The molecule has 0 aliphatic heterocycles. The highest BCUT2D eigenvalue weighted by molar-refractivity contribution is 5.87. The van der Waals surface area contributed by atoms with Gasteiger partial charge in [0.25, 0.3) is 0 Å². The molecule has 4 fully saturated rings. The smallest absolute Gasteiger partial charge is 0.331 e. The van der Waals surface area contributed by atoms with Crippen LogP contribution in [0.5, 0.6) is 0 Å². The lowest BCUT2D eigenvalue weighted by Gasteiger charge is -2.71. The maximum absolute atomic E-state index is 13.1. The lowest BCUT2D eigenvalue weighted by molar-refractivity contribution is -0.372. The van der Waals surface area contributed by atoms with Gasteiger partial charge >= 0.3 is 5.97 Å². The van der Waals surface area contributed by atoms with Gasteiger partial charge in [0.1, 0.15) is 22.9 Å². The summed E-state index contributed by atoms with van der Waals surface area (Å²) < 4.78 is 5.98. The summed E-state index contributed by atoms with van der Waals surface area (Å²) in [6, 6.07) is 9.15. The van der Waals surface area contributed by atoms with E-state index in [0.29, 0.717) is 6.42 Å². The lowest BCUT2D eigenvalue weighted by atomic mass is 9.38. The van der Waals surface area contributed by atoms with Crippen LogP contribution in [0, 0.1) is 16.7 Å². The molecular formula is C30H42O9. The Labute approximate surface area is 228 Å². The summed E-state index contributed by atoms with van der Waals surface area (Å²) >= 11 is 0. The number of aliphatic hydroxyl groups is 7. The fraction of sp³-hybridized carbons (Fsp3) is 0.700. The van der Waals surface area contributed by atoms with Crippen LogP contribution in [-0.4, -0.2) is 88.5 Å². The summed E-state index contributed by atoms with van der Waals surface area (Å²) in [4.78, 5) is 13.1. The first-order valence-electron chi connectivity index (χ1n) is 14.0. The summed E-state index contributed by atoms with van der Waals surface area (Å²) in [7, 11) is 0. The average Bonchev–Trinajstić information content (AvgIpc) is 3.11. The van der Waals surface area contributed by atoms with Crippen molar-refractivity contribution in [3.63, 3.8) is 0 Å². The quantitative estimate of drug-likeness (QED) is 0.216. The molecule has 4 saturated carbocycles. The van der Waals surface area contributed by atoms with E-state index >= 15 is 0 Å². The van der Waals surface area contributed by atoms with Crippen LogP contribution in [0.2, 0.25) is 0 Å².